The molecule has 22 heavy (non-hydrogen) atoms. The molecule has 6 heteroatoms. The predicted molar refractivity (Wildman–Crippen MR) is 87.7 cm³/mol. The Labute approximate surface area is 134 Å². The molecule has 0 bridgehead atoms. The molecule has 2 atom stereocenters. The molecule has 1 aliphatic heterocycles. The summed E-state index contributed by atoms with van der Waals surface area (Å²) in [6.07, 6.45) is 6.55. The molecule has 0 aromatic carbocycles. The van der Waals surface area contributed by atoms with Crippen LogP contribution in [0.2, 0.25) is 0 Å². The van der Waals surface area contributed by atoms with E-state index in [0.717, 1.165) is 36.5 Å². The van der Waals surface area contributed by atoms with E-state index in [4.69, 9.17) is 5.73 Å². The molecule has 0 saturated carbocycles. The van der Waals surface area contributed by atoms with Gasteiger partial charge in [0.1, 0.15) is 9.88 Å². The van der Waals surface area contributed by atoms with Crippen molar-refractivity contribution >= 4 is 17.2 Å². The van der Waals surface area contributed by atoms with Crippen LogP contribution in [0, 0.1) is 0 Å². The minimum absolute atomic E-state index is 0.00701. The van der Waals surface area contributed by atoms with Gasteiger partial charge in [0.05, 0.1) is 11.9 Å². The summed E-state index contributed by atoms with van der Waals surface area (Å²) in [5, 5.41) is 0.776. The minimum atomic E-state index is -0.00701. The first-order chi connectivity index (χ1) is 10.7. The molecule has 2 unspecified atom stereocenters. The fourth-order valence-electron chi connectivity index (χ4n) is 2.88. The third-order valence-electron chi connectivity index (χ3n) is 4.02. The van der Waals surface area contributed by atoms with E-state index >= 15 is 0 Å². The second kappa shape index (κ2) is 6.54. The van der Waals surface area contributed by atoms with Gasteiger partial charge in [-0.2, -0.15) is 0 Å². The van der Waals surface area contributed by atoms with Crippen LogP contribution in [0.5, 0.6) is 0 Å². The zero-order valence-electron chi connectivity index (χ0n) is 12.6. The first kappa shape index (κ1) is 15.1. The number of likely N-dealkylation sites (tertiary alicyclic amines) is 1. The van der Waals surface area contributed by atoms with Gasteiger partial charge in [-0.05, 0) is 38.3 Å². The van der Waals surface area contributed by atoms with Gasteiger partial charge in [0.25, 0.3) is 5.91 Å². The van der Waals surface area contributed by atoms with Gasteiger partial charge in [-0.25, -0.2) is 4.98 Å². The molecule has 0 radical (unpaired) electrons. The first-order valence-corrected chi connectivity index (χ1v) is 8.42. The normalized spacial score (nSPS) is 19.9. The molecule has 1 amide bonds. The molecule has 5 nitrogen and oxygen atoms in total. The zero-order chi connectivity index (χ0) is 15.5. The number of nitrogens with zero attached hydrogens (tertiary/aromatic N) is 3. The molecular weight excluding hydrogens is 296 g/mol. The van der Waals surface area contributed by atoms with Crippen LogP contribution in [0.4, 0.5) is 0 Å². The van der Waals surface area contributed by atoms with Crippen molar-refractivity contribution < 1.29 is 4.79 Å². The molecule has 2 aromatic rings. The number of carbonyl (C=O) groups excluding carboxylic acids is 1. The predicted octanol–water partition coefficient (Wildman–Crippen LogP) is 2.55. The second-order valence-electron chi connectivity index (χ2n) is 5.67. The Balaban J connectivity index is 1.82. The van der Waals surface area contributed by atoms with E-state index in [1.807, 2.05) is 30.0 Å². The number of hydrogen-bond acceptors (Lipinski definition) is 5. The molecule has 1 fully saturated rings. The van der Waals surface area contributed by atoms with Gasteiger partial charge >= 0.3 is 0 Å². The Morgan fingerprint density at radius 3 is 3.00 bits per heavy atom. The summed E-state index contributed by atoms with van der Waals surface area (Å²) >= 11 is 1.40. The van der Waals surface area contributed by atoms with E-state index in [1.165, 1.54) is 11.3 Å². The monoisotopic (exact) mass is 316 g/mol. The topological polar surface area (TPSA) is 72.1 Å². The molecular formula is C16H20N4OS. The van der Waals surface area contributed by atoms with Crippen molar-refractivity contribution in [1.82, 2.24) is 14.9 Å². The summed E-state index contributed by atoms with van der Waals surface area (Å²) in [5.74, 6) is 0.0432. The van der Waals surface area contributed by atoms with Crippen molar-refractivity contribution in [3.8, 4) is 10.7 Å². The van der Waals surface area contributed by atoms with Gasteiger partial charge in [-0.1, -0.05) is 6.07 Å². The van der Waals surface area contributed by atoms with Crippen LogP contribution in [-0.2, 0) is 0 Å². The number of nitrogens with two attached hydrogens (primary N) is 1. The maximum Gasteiger partial charge on any atom is 0.265 e. The number of hydrogen-bond donors (Lipinski definition) is 1. The summed E-state index contributed by atoms with van der Waals surface area (Å²) in [6.45, 7) is 2.75. The summed E-state index contributed by atoms with van der Waals surface area (Å²) in [6, 6.07) is 5.80. The van der Waals surface area contributed by atoms with Crippen molar-refractivity contribution in [3.63, 3.8) is 0 Å². The Kier molecular flexibility index (Phi) is 4.49. The smallest absolute Gasteiger partial charge is 0.265 e. The molecule has 3 heterocycles. The van der Waals surface area contributed by atoms with Crippen molar-refractivity contribution in [3.05, 3.63) is 35.5 Å². The lowest BCUT2D eigenvalue weighted by atomic mass is 9.97. The summed E-state index contributed by atoms with van der Waals surface area (Å²) in [5.41, 5.74) is 6.85. The number of aromatic nitrogens is 2. The van der Waals surface area contributed by atoms with Gasteiger partial charge in [-0.3, -0.25) is 9.78 Å². The van der Waals surface area contributed by atoms with E-state index in [-0.39, 0.29) is 18.0 Å². The molecule has 0 spiro atoms. The molecule has 0 aliphatic carbocycles. The number of carbonyl (C=O) groups is 1. The van der Waals surface area contributed by atoms with E-state index in [0.29, 0.717) is 4.88 Å². The Morgan fingerprint density at radius 2 is 2.27 bits per heavy atom. The van der Waals surface area contributed by atoms with Crippen molar-refractivity contribution in [2.45, 2.75) is 38.3 Å². The molecule has 3 rings (SSSR count). The van der Waals surface area contributed by atoms with Crippen LogP contribution >= 0.6 is 11.3 Å². The first-order valence-electron chi connectivity index (χ1n) is 7.60. The average Bonchev–Trinajstić information content (AvgIpc) is 3.05. The van der Waals surface area contributed by atoms with Crippen LogP contribution in [0.3, 0.4) is 0 Å². The van der Waals surface area contributed by atoms with Gasteiger partial charge < -0.3 is 10.6 Å². The Morgan fingerprint density at radius 1 is 1.41 bits per heavy atom. The van der Waals surface area contributed by atoms with Crippen LogP contribution in [0.15, 0.2) is 30.6 Å². The van der Waals surface area contributed by atoms with Crippen LogP contribution in [-0.4, -0.2) is 39.4 Å². The van der Waals surface area contributed by atoms with Gasteiger partial charge in [-0.15, -0.1) is 11.3 Å². The highest BCUT2D eigenvalue weighted by molar-refractivity contribution is 7.16. The zero-order valence-corrected chi connectivity index (χ0v) is 13.4. The molecule has 2 N–H and O–H groups in total. The van der Waals surface area contributed by atoms with Crippen molar-refractivity contribution in [1.29, 1.82) is 0 Å². The van der Waals surface area contributed by atoms with E-state index in [9.17, 15) is 4.79 Å². The number of amides is 1. The fourth-order valence-corrected chi connectivity index (χ4v) is 3.73. The standard InChI is InChI=1S/C16H20N4OS/c1-11(17)13-7-3-5-9-20(13)16(21)14-10-19-15(22-14)12-6-2-4-8-18-12/h2,4,6,8,10-11,13H,3,5,7,9,17H2,1H3. The summed E-state index contributed by atoms with van der Waals surface area (Å²) in [4.78, 5) is 24.0. The number of thiazole rings is 1. The van der Waals surface area contributed by atoms with Crippen molar-refractivity contribution in [2.24, 2.45) is 5.73 Å². The average molecular weight is 316 g/mol. The number of pyridine rings is 1. The fraction of sp³-hybridized carbons (Fsp3) is 0.438. The van der Waals surface area contributed by atoms with Gasteiger partial charge in [0, 0.05) is 24.8 Å². The van der Waals surface area contributed by atoms with Gasteiger partial charge in [0.2, 0.25) is 0 Å². The highest BCUT2D eigenvalue weighted by atomic mass is 32.1. The molecule has 1 aliphatic rings. The largest absolute Gasteiger partial charge is 0.333 e. The maximum atomic E-state index is 12.8. The molecule has 2 aromatic heterocycles. The van der Waals surface area contributed by atoms with E-state index in [2.05, 4.69) is 9.97 Å². The lowest BCUT2D eigenvalue weighted by Gasteiger charge is -2.37. The highest BCUT2D eigenvalue weighted by Crippen LogP contribution is 2.27. The maximum absolute atomic E-state index is 12.8. The highest BCUT2D eigenvalue weighted by Gasteiger charge is 2.30. The third-order valence-corrected chi connectivity index (χ3v) is 5.03. The summed E-state index contributed by atoms with van der Waals surface area (Å²) in [7, 11) is 0. The van der Waals surface area contributed by atoms with Gasteiger partial charge in [0.15, 0.2) is 0 Å². The second-order valence-corrected chi connectivity index (χ2v) is 6.70. The summed E-state index contributed by atoms with van der Waals surface area (Å²) < 4.78 is 0. The molecule has 116 valence electrons. The minimum Gasteiger partial charge on any atom is -0.333 e. The van der Waals surface area contributed by atoms with Crippen LogP contribution < -0.4 is 5.73 Å². The quantitative estimate of drug-likeness (QED) is 0.944. The third kappa shape index (κ3) is 3.03. The number of rotatable bonds is 3. The van der Waals surface area contributed by atoms with E-state index < -0.39 is 0 Å². The Hall–Kier alpha value is -1.79. The van der Waals surface area contributed by atoms with E-state index in [1.54, 1.807) is 12.4 Å². The van der Waals surface area contributed by atoms with Crippen LogP contribution in [0.25, 0.3) is 10.7 Å². The molecule has 1 saturated heterocycles. The SMILES string of the molecule is CC(N)C1CCCCN1C(=O)c1cnc(-c2ccccn2)s1. The lowest BCUT2D eigenvalue weighted by Crippen LogP contribution is -2.51. The lowest BCUT2D eigenvalue weighted by molar-refractivity contribution is 0.0588. The number of piperidine rings is 1. The Bertz CT molecular complexity index is 641. The van der Waals surface area contributed by atoms with Crippen LogP contribution in [0.1, 0.15) is 35.9 Å². The van der Waals surface area contributed by atoms with Crippen molar-refractivity contribution in [2.75, 3.05) is 6.54 Å².